The Hall–Kier alpha value is -2.33. The first-order chi connectivity index (χ1) is 13.2. The third-order valence-corrected chi connectivity index (χ3v) is 4.98. The SMILES string of the molecule is O=C(NCCC1=CCCCC1)c1cncc(NCCc2cccc(Cl)c2)c1. The van der Waals surface area contributed by atoms with Gasteiger partial charge in [0.15, 0.2) is 0 Å². The molecule has 0 radical (unpaired) electrons. The van der Waals surface area contributed by atoms with Crippen molar-refractivity contribution in [3.05, 3.63) is 70.5 Å². The number of nitrogens with zero attached hydrogens (tertiary/aromatic N) is 1. The fourth-order valence-corrected chi connectivity index (χ4v) is 3.49. The van der Waals surface area contributed by atoms with Crippen LogP contribution in [0.5, 0.6) is 0 Å². The van der Waals surface area contributed by atoms with Gasteiger partial charge in [-0.1, -0.05) is 35.4 Å². The molecule has 4 nitrogen and oxygen atoms in total. The largest absolute Gasteiger partial charge is 0.383 e. The Labute approximate surface area is 166 Å². The fourth-order valence-electron chi connectivity index (χ4n) is 3.27. The van der Waals surface area contributed by atoms with E-state index in [4.69, 9.17) is 11.6 Å². The summed E-state index contributed by atoms with van der Waals surface area (Å²) < 4.78 is 0. The molecule has 1 aliphatic rings. The van der Waals surface area contributed by atoms with Crippen molar-refractivity contribution in [1.29, 1.82) is 0 Å². The summed E-state index contributed by atoms with van der Waals surface area (Å²) in [6.07, 6.45) is 12.4. The monoisotopic (exact) mass is 383 g/mol. The molecule has 27 heavy (non-hydrogen) atoms. The van der Waals surface area contributed by atoms with Gasteiger partial charge < -0.3 is 10.6 Å². The zero-order chi connectivity index (χ0) is 18.9. The molecule has 1 heterocycles. The van der Waals surface area contributed by atoms with Crippen LogP contribution >= 0.6 is 11.6 Å². The molecular weight excluding hydrogens is 358 g/mol. The summed E-state index contributed by atoms with van der Waals surface area (Å²) in [4.78, 5) is 16.5. The Morgan fingerprint density at radius 2 is 2.04 bits per heavy atom. The predicted molar refractivity (Wildman–Crippen MR) is 111 cm³/mol. The van der Waals surface area contributed by atoms with Crippen molar-refractivity contribution in [3.63, 3.8) is 0 Å². The number of benzene rings is 1. The van der Waals surface area contributed by atoms with Gasteiger partial charge in [0.2, 0.25) is 0 Å². The van der Waals surface area contributed by atoms with Crippen molar-refractivity contribution in [3.8, 4) is 0 Å². The number of aromatic nitrogens is 1. The van der Waals surface area contributed by atoms with Gasteiger partial charge in [-0.3, -0.25) is 9.78 Å². The second-order valence-electron chi connectivity index (χ2n) is 6.88. The molecule has 0 unspecified atom stereocenters. The molecule has 2 N–H and O–H groups in total. The summed E-state index contributed by atoms with van der Waals surface area (Å²) in [6, 6.07) is 9.69. The van der Waals surface area contributed by atoms with E-state index in [2.05, 4.69) is 27.8 Å². The highest BCUT2D eigenvalue weighted by atomic mass is 35.5. The molecule has 0 atom stereocenters. The molecule has 0 fully saturated rings. The number of hydrogen-bond acceptors (Lipinski definition) is 3. The van der Waals surface area contributed by atoms with Crippen molar-refractivity contribution in [1.82, 2.24) is 10.3 Å². The molecule has 0 bridgehead atoms. The van der Waals surface area contributed by atoms with E-state index in [1.54, 1.807) is 12.4 Å². The first-order valence-corrected chi connectivity index (χ1v) is 9.98. The summed E-state index contributed by atoms with van der Waals surface area (Å²) in [7, 11) is 0. The zero-order valence-electron chi connectivity index (χ0n) is 15.5. The van der Waals surface area contributed by atoms with Gasteiger partial charge in [0.1, 0.15) is 0 Å². The maximum absolute atomic E-state index is 12.4. The summed E-state index contributed by atoms with van der Waals surface area (Å²) in [5.41, 5.74) is 4.07. The number of allylic oxidation sites excluding steroid dienone is 1. The fraction of sp³-hybridized carbons (Fsp3) is 0.364. The van der Waals surface area contributed by atoms with Crippen LogP contribution in [0.4, 0.5) is 5.69 Å². The van der Waals surface area contributed by atoms with E-state index >= 15 is 0 Å². The molecule has 0 saturated heterocycles. The van der Waals surface area contributed by atoms with Gasteiger partial charge in [0.05, 0.1) is 11.3 Å². The van der Waals surface area contributed by atoms with Crippen molar-refractivity contribution in [2.45, 2.75) is 38.5 Å². The number of carbonyl (C=O) groups excluding carboxylic acids is 1. The second kappa shape index (κ2) is 10.1. The standard InChI is InChI=1S/C22H26ClN3O/c23-20-8-4-7-18(13-20)10-11-25-21-14-19(15-24-16-21)22(27)26-12-9-17-5-2-1-3-6-17/h4-5,7-8,13-16,25H,1-3,6,9-12H2,(H,26,27). The highest BCUT2D eigenvalue weighted by molar-refractivity contribution is 6.30. The van der Waals surface area contributed by atoms with Crippen LogP contribution in [0, 0.1) is 0 Å². The van der Waals surface area contributed by atoms with Crippen molar-refractivity contribution < 1.29 is 4.79 Å². The van der Waals surface area contributed by atoms with Crippen LogP contribution in [0.25, 0.3) is 0 Å². The first kappa shape index (κ1) is 19.4. The van der Waals surface area contributed by atoms with Crippen molar-refractivity contribution in [2.75, 3.05) is 18.4 Å². The Morgan fingerprint density at radius 3 is 2.85 bits per heavy atom. The van der Waals surface area contributed by atoms with Crippen LogP contribution < -0.4 is 10.6 Å². The Morgan fingerprint density at radius 1 is 1.11 bits per heavy atom. The number of nitrogens with one attached hydrogen (secondary N) is 2. The predicted octanol–water partition coefficient (Wildman–Crippen LogP) is 5.01. The highest BCUT2D eigenvalue weighted by Gasteiger charge is 2.08. The number of pyridine rings is 1. The maximum Gasteiger partial charge on any atom is 0.252 e. The van der Waals surface area contributed by atoms with E-state index in [1.165, 1.54) is 36.8 Å². The van der Waals surface area contributed by atoms with Crippen LogP contribution in [0.3, 0.4) is 0 Å². The van der Waals surface area contributed by atoms with E-state index in [1.807, 2.05) is 24.3 Å². The van der Waals surface area contributed by atoms with Crippen molar-refractivity contribution >= 4 is 23.2 Å². The lowest BCUT2D eigenvalue weighted by molar-refractivity contribution is 0.0953. The van der Waals surface area contributed by atoms with Crippen molar-refractivity contribution in [2.24, 2.45) is 0 Å². The van der Waals surface area contributed by atoms with Gasteiger partial charge in [-0.05, 0) is 62.3 Å². The zero-order valence-corrected chi connectivity index (χ0v) is 16.3. The molecule has 0 aliphatic heterocycles. The minimum atomic E-state index is -0.0719. The quantitative estimate of drug-likeness (QED) is 0.630. The minimum Gasteiger partial charge on any atom is -0.383 e. The molecule has 1 amide bonds. The van der Waals surface area contributed by atoms with E-state index in [9.17, 15) is 4.79 Å². The summed E-state index contributed by atoms with van der Waals surface area (Å²) in [5, 5.41) is 7.07. The molecule has 0 spiro atoms. The highest BCUT2D eigenvalue weighted by Crippen LogP contribution is 2.19. The van der Waals surface area contributed by atoms with Gasteiger partial charge in [-0.25, -0.2) is 0 Å². The molecule has 1 aliphatic carbocycles. The van der Waals surface area contributed by atoms with Gasteiger partial charge in [-0.2, -0.15) is 0 Å². The lowest BCUT2D eigenvalue weighted by Gasteiger charge is -2.13. The van der Waals surface area contributed by atoms with Crippen LogP contribution in [-0.2, 0) is 6.42 Å². The Bertz CT molecular complexity index is 804. The first-order valence-electron chi connectivity index (χ1n) is 9.60. The number of anilines is 1. The Balaban J connectivity index is 1.45. The van der Waals surface area contributed by atoms with E-state index in [0.29, 0.717) is 12.1 Å². The molecule has 0 saturated carbocycles. The number of hydrogen-bond donors (Lipinski definition) is 2. The molecular formula is C22H26ClN3O. The number of halogens is 1. The normalized spacial score (nSPS) is 13.7. The molecule has 5 heteroatoms. The lowest BCUT2D eigenvalue weighted by Crippen LogP contribution is -2.25. The molecule has 142 valence electrons. The van der Waals surface area contributed by atoms with E-state index in [-0.39, 0.29) is 5.91 Å². The summed E-state index contributed by atoms with van der Waals surface area (Å²) in [6.45, 7) is 1.43. The summed E-state index contributed by atoms with van der Waals surface area (Å²) >= 11 is 6.01. The smallest absolute Gasteiger partial charge is 0.252 e. The number of amides is 1. The molecule has 3 rings (SSSR count). The molecule has 2 aromatic rings. The third-order valence-electron chi connectivity index (χ3n) is 4.75. The minimum absolute atomic E-state index is 0.0719. The molecule has 1 aromatic carbocycles. The molecule has 1 aromatic heterocycles. The van der Waals surface area contributed by atoms with Gasteiger partial charge in [0, 0.05) is 30.5 Å². The van der Waals surface area contributed by atoms with Gasteiger partial charge in [-0.15, -0.1) is 0 Å². The van der Waals surface area contributed by atoms with Crippen LogP contribution in [-0.4, -0.2) is 24.0 Å². The third kappa shape index (κ3) is 6.40. The summed E-state index contributed by atoms with van der Waals surface area (Å²) in [5.74, 6) is -0.0719. The Kier molecular flexibility index (Phi) is 7.28. The van der Waals surface area contributed by atoms with Gasteiger partial charge >= 0.3 is 0 Å². The van der Waals surface area contributed by atoms with Crippen LogP contribution in [0.15, 0.2) is 54.4 Å². The van der Waals surface area contributed by atoms with Crippen LogP contribution in [0.2, 0.25) is 5.02 Å². The topological polar surface area (TPSA) is 54.0 Å². The number of carbonyl (C=O) groups is 1. The van der Waals surface area contributed by atoms with Crippen LogP contribution in [0.1, 0.15) is 48.0 Å². The average Bonchev–Trinajstić information content (AvgIpc) is 2.69. The lowest BCUT2D eigenvalue weighted by atomic mass is 9.97. The average molecular weight is 384 g/mol. The van der Waals surface area contributed by atoms with E-state index in [0.717, 1.165) is 30.1 Å². The maximum atomic E-state index is 12.4. The number of rotatable bonds is 8. The van der Waals surface area contributed by atoms with Gasteiger partial charge in [0.25, 0.3) is 5.91 Å². The van der Waals surface area contributed by atoms with E-state index < -0.39 is 0 Å². The second-order valence-corrected chi connectivity index (χ2v) is 7.32.